The van der Waals surface area contributed by atoms with E-state index in [9.17, 15) is 19.5 Å². The second-order valence-electron chi connectivity index (χ2n) is 9.59. The van der Waals surface area contributed by atoms with Crippen LogP contribution in [0.4, 0.5) is 4.79 Å². The van der Waals surface area contributed by atoms with Crippen LogP contribution in [0.1, 0.15) is 49.7 Å². The number of hydrogen-bond acceptors (Lipinski definition) is 5. The molecule has 0 heterocycles. The minimum Gasteiger partial charge on any atom is -0.479 e. The average Bonchev–Trinajstić information content (AvgIpc) is 3.39. The number of hydrogen-bond donors (Lipinski definition) is 3. The Kier molecular flexibility index (Phi) is 7.40. The van der Waals surface area contributed by atoms with Crippen LogP contribution in [-0.4, -0.2) is 55.0 Å². The average molecular weight is 481 g/mol. The minimum atomic E-state index is -1.50. The SMILES string of the molecule is COCC(C)(NC(=O)C[C@@H]1CCC[C@H]1NC(=O)OCC1c2ccccc2-c2ccccc21)C(=O)O. The molecule has 8 heteroatoms. The fourth-order valence-electron chi connectivity index (χ4n) is 5.30. The molecule has 1 unspecified atom stereocenters. The molecular formula is C27H32N2O6. The van der Waals surface area contributed by atoms with Gasteiger partial charge in [-0.2, -0.15) is 0 Å². The zero-order valence-electron chi connectivity index (χ0n) is 20.1. The second-order valence-corrected chi connectivity index (χ2v) is 9.59. The van der Waals surface area contributed by atoms with Gasteiger partial charge in [0.2, 0.25) is 5.91 Å². The normalized spacial score (nSPS) is 20.4. The van der Waals surface area contributed by atoms with Crippen molar-refractivity contribution in [2.75, 3.05) is 20.3 Å². The number of methoxy groups -OCH3 is 1. The number of carboxylic acid groups (broad SMARTS) is 1. The molecule has 2 aliphatic rings. The van der Waals surface area contributed by atoms with Crippen LogP contribution in [0, 0.1) is 5.92 Å². The summed E-state index contributed by atoms with van der Waals surface area (Å²) in [6.45, 7) is 1.50. The monoisotopic (exact) mass is 480 g/mol. The van der Waals surface area contributed by atoms with Crippen LogP contribution in [0.3, 0.4) is 0 Å². The summed E-state index contributed by atoms with van der Waals surface area (Å²) in [7, 11) is 1.39. The molecule has 0 saturated heterocycles. The van der Waals surface area contributed by atoms with Crippen LogP contribution in [-0.2, 0) is 19.1 Å². The zero-order chi connectivity index (χ0) is 25.0. The van der Waals surface area contributed by atoms with Crippen LogP contribution in [0.5, 0.6) is 0 Å². The summed E-state index contributed by atoms with van der Waals surface area (Å²) in [5, 5.41) is 15.0. The van der Waals surface area contributed by atoms with Crippen molar-refractivity contribution in [3.63, 3.8) is 0 Å². The number of fused-ring (bicyclic) bond motifs is 3. The molecular weight excluding hydrogens is 448 g/mol. The molecule has 2 aliphatic carbocycles. The molecule has 8 nitrogen and oxygen atoms in total. The number of carboxylic acids is 1. The summed E-state index contributed by atoms with van der Waals surface area (Å²) >= 11 is 0. The van der Waals surface area contributed by atoms with Gasteiger partial charge in [0.15, 0.2) is 5.54 Å². The summed E-state index contributed by atoms with van der Waals surface area (Å²) in [4.78, 5) is 36.8. The first-order valence-electron chi connectivity index (χ1n) is 12.0. The van der Waals surface area contributed by atoms with Crippen molar-refractivity contribution in [1.82, 2.24) is 10.6 Å². The van der Waals surface area contributed by atoms with E-state index in [1.165, 1.54) is 25.2 Å². The predicted molar refractivity (Wildman–Crippen MR) is 130 cm³/mol. The molecule has 4 rings (SSSR count). The third-order valence-electron chi connectivity index (χ3n) is 7.07. The largest absolute Gasteiger partial charge is 0.479 e. The Morgan fingerprint density at radius 3 is 2.26 bits per heavy atom. The van der Waals surface area contributed by atoms with E-state index in [0.29, 0.717) is 0 Å². The molecule has 35 heavy (non-hydrogen) atoms. The Balaban J connectivity index is 1.33. The van der Waals surface area contributed by atoms with E-state index >= 15 is 0 Å². The van der Waals surface area contributed by atoms with E-state index in [4.69, 9.17) is 9.47 Å². The van der Waals surface area contributed by atoms with Gasteiger partial charge in [0.25, 0.3) is 0 Å². The fourth-order valence-corrected chi connectivity index (χ4v) is 5.30. The Morgan fingerprint density at radius 1 is 1.03 bits per heavy atom. The number of nitrogens with one attached hydrogen (secondary N) is 2. The van der Waals surface area contributed by atoms with E-state index in [2.05, 4.69) is 34.9 Å². The number of carbonyl (C=O) groups is 3. The van der Waals surface area contributed by atoms with Crippen LogP contribution in [0.15, 0.2) is 48.5 Å². The summed E-state index contributed by atoms with van der Waals surface area (Å²) < 4.78 is 10.6. The molecule has 3 N–H and O–H groups in total. The van der Waals surface area contributed by atoms with E-state index in [1.807, 2.05) is 24.3 Å². The van der Waals surface area contributed by atoms with Crippen molar-refractivity contribution < 1.29 is 29.0 Å². The Hall–Kier alpha value is -3.39. The molecule has 1 fully saturated rings. The summed E-state index contributed by atoms with van der Waals surface area (Å²) in [5.74, 6) is -1.64. The third-order valence-corrected chi connectivity index (χ3v) is 7.07. The molecule has 0 radical (unpaired) electrons. The lowest BCUT2D eigenvalue weighted by Gasteiger charge is -2.27. The Labute approximate surface area is 205 Å². The van der Waals surface area contributed by atoms with Gasteiger partial charge in [0, 0.05) is 25.5 Å². The number of aliphatic carboxylic acids is 1. The molecule has 0 aliphatic heterocycles. The smallest absolute Gasteiger partial charge is 0.407 e. The highest BCUT2D eigenvalue weighted by atomic mass is 16.5. The Morgan fingerprint density at radius 2 is 1.66 bits per heavy atom. The van der Waals surface area contributed by atoms with Crippen LogP contribution < -0.4 is 10.6 Å². The van der Waals surface area contributed by atoms with Gasteiger partial charge in [0.05, 0.1) is 6.61 Å². The molecule has 1 saturated carbocycles. The standard InChI is InChI=1S/C27H32N2O6/c1-27(16-34-2,25(31)32)29-24(30)14-17-8-7-13-23(17)28-26(33)35-15-22-20-11-5-3-9-18(20)19-10-4-6-12-21(19)22/h3-6,9-12,17,22-23H,7-8,13-16H2,1-2H3,(H,28,33)(H,29,30)(H,31,32)/t17-,23+,27?/m0/s1. The van der Waals surface area contributed by atoms with Gasteiger partial charge >= 0.3 is 12.1 Å². The maximum atomic E-state index is 12.7. The number of alkyl carbamates (subject to hydrolysis) is 1. The lowest BCUT2D eigenvalue weighted by molar-refractivity contribution is -0.149. The van der Waals surface area contributed by atoms with Gasteiger partial charge in [-0.3, -0.25) is 4.79 Å². The van der Waals surface area contributed by atoms with E-state index < -0.39 is 17.6 Å². The molecule has 0 spiro atoms. The second kappa shape index (κ2) is 10.5. The fraction of sp³-hybridized carbons (Fsp3) is 0.444. The minimum absolute atomic E-state index is 0.0206. The number of rotatable bonds is 9. The predicted octanol–water partition coefficient (Wildman–Crippen LogP) is 3.69. The van der Waals surface area contributed by atoms with Crippen LogP contribution in [0.2, 0.25) is 0 Å². The Bertz CT molecular complexity index is 1060. The van der Waals surface area contributed by atoms with E-state index in [1.54, 1.807) is 0 Å². The van der Waals surface area contributed by atoms with E-state index in [-0.39, 0.29) is 43.4 Å². The first-order chi connectivity index (χ1) is 16.8. The van der Waals surface area contributed by atoms with Crippen LogP contribution >= 0.6 is 0 Å². The van der Waals surface area contributed by atoms with Gasteiger partial charge in [-0.1, -0.05) is 55.0 Å². The quantitative estimate of drug-likeness (QED) is 0.504. The van der Waals surface area contributed by atoms with Crippen molar-refractivity contribution in [1.29, 1.82) is 0 Å². The molecule has 2 aromatic rings. The number of amides is 2. The third kappa shape index (κ3) is 5.32. The molecule has 2 aromatic carbocycles. The number of benzene rings is 2. The van der Waals surface area contributed by atoms with Gasteiger partial charge in [-0.05, 0) is 47.9 Å². The first-order valence-corrected chi connectivity index (χ1v) is 12.0. The van der Waals surface area contributed by atoms with Crippen LogP contribution in [0.25, 0.3) is 11.1 Å². The summed E-state index contributed by atoms with van der Waals surface area (Å²) in [6, 6.07) is 16.1. The maximum Gasteiger partial charge on any atom is 0.407 e. The van der Waals surface area contributed by atoms with Crippen molar-refractivity contribution in [3.05, 3.63) is 59.7 Å². The first kappa shape index (κ1) is 24.7. The highest BCUT2D eigenvalue weighted by Crippen LogP contribution is 2.44. The van der Waals surface area contributed by atoms with Gasteiger partial charge in [-0.15, -0.1) is 0 Å². The van der Waals surface area contributed by atoms with Crippen molar-refractivity contribution in [2.45, 2.75) is 50.1 Å². The zero-order valence-corrected chi connectivity index (χ0v) is 20.1. The molecule has 0 aromatic heterocycles. The van der Waals surface area contributed by atoms with Gasteiger partial charge in [-0.25, -0.2) is 9.59 Å². The lowest BCUT2D eigenvalue weighted by atomic mass is 9.97. The highest BCUT2D eigenvalue weighted by Gasteiger charge is 2.37. The highest BCUT2D eigenvalue weighted by molar-refractivity contribution is 5.87. The number of ether oxygens (including phenoxy) is 2. The molecule has 2 amide bonds. The van der Waals surface area contributed by atoms with Gasteiger partial charge < -0.3 is 25.2 Å². The van der Waals surface area contributed by atoms with Gasteiger partial charge in [0.1, 0.15) is 6.61 Å². The summed E-state index contributed by atoms with van der Waals surface area (Å²) in [5.41, 5.74) is 3.13. The molecule has 3 atom stereocenters. The maximum absolute atomic E-state index is 12.7. The summed E-state index contributed by atoms with van der Waals surface area (Å²) in [6.07, 6.45) is 2.02. The molecule has 0 bridgehead atoms. The van der Waals surface area contributed by atoms with Crippen molar-refractivity contribution >= 4 is 18.0 Å². The van der Waals surface area contributed by atoms with Crippen molar-refractivity contribution in [2.24, 2.45) is 5.92 Å². The number of carbonyl (C=O) groups excluding carboxylic acids is 2. The van der Waals surface area contributed by atoms with Crippen molar-refractivity contribution in [3.8, 4) is 11.1 Å². The topological polar surface area (TPSA) is 114 Å². The van der Waals surface area contributed by atoms with E-state index in [0.717, 1.165) is 30.4 Å². The molecule has 186 valence electrons. The lowest BCUT2D eigenvalue weighted by Crippen LogP contribution is -2.55.